The molecule has 1 fully saturated rings. The second kappa shape index (κ2) is 5.99. The Morgan fingerprint density at radius 2 is 2.22 bits per heavy atom. The minimum absolute atomic E-state index is 0.155. The van der Waals surface area contributed by atoms with E-state index in [9.17, 15) is 5.11 Å². The quantitative estimate of drug-likeness (QED) is 0.886. The monoisotopic (exact) mass is 244 g/mol. The largest absolute Gasteiger partial charge is 0.393 e. The summed E-state index contributed by atoms with van der Waals surface area (Å²) in [5.41, 5.74) is 1.85. The molecule has 1 aromatic carbocycles. The van der Waals surface area contributed by atoms with Crippen LogP contribution in [0, 0.1) is 17.2 Å². The zero-order chi connectivity index (χ0) is 13.0. The van der Waals surface area contributed by atoms with E-state index >= 15 is 0 Å². The molecule has 0 saturated carbocycles. The third-order valence-electron chi connectivity index (χ3n) is 3.83. The molecule has 96 valence electrons. The molecule has 1 aromatic rings. The van der Waals surface area contributed by atoms with Crippen LogP contribution in [0.15, 0.2) is 24.3 Å². The average molecular weight is 244 g/mol. The number of hydrogen-bond donors (Lipinski definition) is 1. The highest BCUT2D eigenvalue weighted by Gasteiger charge is 2.26. The van der Waals surface area contributed by atoms with E-state index in [1.54, 1.807) is 0 Å². The lowest BCUT2D eigenvalue weighted by molar-refractivity contribution is 0.0221. The lowest BCUT2D eigenvalue weighted by atomic mass is 9.92. The fraction of sp³-hybridized carbons (Fsp3) is 0.533. The van der Waals surface area contributed by atoms with Gasteiger partial charge in [-0.1, -0.05) is 25.1 Å². The first-order valence-electron chi connectivity index (χ1n) is 6.63. The lowest BCUT2D eigenvalue weighted by Gasteiger charge is -2.35. The number of benzene rings is 1. The third-order valence-corrected chi connectivity index (χ3v) is 3.83. The Balaban J connectivity index is 2.04. The van der Waals surface area contributed by atoms with Crippen LogP contribution in [-0.4, -0.2) is 29.2 Å². The van der Waals surface area contributed by atoms with E-state index in [0.29, 0.717) is 5.92 Å². The van der Waals surface area contributed by atoms with Crippen molar-refractivity contribution in [1.29, 1.82) is 5.26 Å². The van der Waals surface area contributed by atoms with Gasteiger partial charge in [-0.25, -0.2) is 0 Å². The fourth-order valence-electron chi connectivity index (χ4n) is 2.65. The summed E-state index contributed by atoms with van der Waals surface area (Å²) in [6.45, 7) is 4.78. The molecule has 0 amide bonds. The Morgan fingerprint density at radius 3 is 2.94 bits per heavy atom. The van der Waals surface area contributed by atoms with Crippen LogP contribution in [0.4, 0.5) is 0 Å². The van der Waals surface area contributed by atoms with Gasteiger partial charge in [0.15, 0.2) is 0 Å². The normalized spacial score (nSPS) is 24.7. The van der Waals surface area contributed by atoms with Crippen molar-refractivity contribution in [2.45, 2.75) is 32.4 Å². The summed E-state index contributed by atoms with van der Waals surface area (Å²) >= 11 is 0. The maximum atomic E-state index is 9.87. The number of aliphatic hydroxyl groups excluding tert-OH is 1. The van der Waals surface area contributed by atoms with Crippen molar-refractivity contribution in [2.75, 3.05) is 13.1 Å². The molecule has 1 saturated heterocycles. The van der Waals surface area contributed by atoms with Gasteiger partial charge in [0.2, 0.25) is 0 Å². The molecule has 1 aliphatic heterocycles. The van der Waals surface area contributed by atoms with Gasteiger partial charge in [0.25, 0.3) is 0 Å². The molecule has 3 heteroatoms. The first kappa shape index (κ1) is 13.1. The molecule has 1 N–H and O–H groups in total. The topological polar surface area (TPSA) is 47.3 Å². The van der Waals surface area contributed by atoms with Crippen LogP contribution in [0.5, 0.6) is 0 Å². The lowest BCUT2D eigenvalue weighted by Crippen LogP contribution is -2.42. The van der Waals surface area contributed by atoms with Crippen LogP contribution in [0.25, 0.3) is 0 Å². The molecule has 1 aliphatic rings. The molecule has 0 spiro atoms. The number of aliphatic hydroxyl groups is 1. The second-order valence-electron chi connectivity index (χ2n) is 5.03. The van der Waals surface area contributed by atoms with E-state index in [1.165, 1.54) is 0 Å². The molecule has 1 heterocycles. The molecular weight excluding hydrogens is 224 g/mol. The number of nitriles is 1. The van der Waals surface area contributed by atoms with Gasteiger partial charge in [0.05, 0.1) is 17.7 Å². The zero-order valence-corrected chi connectivity index (χ0v) is 10.8. The highest BCUT2D eigenvalue weighted by molar-refractivity contribution is 5.37. The summed E-state index contributed by atoms with van der Waals surface area (Å²) in [4.78, 5) is 2.34. The predicted octanol–water partition coefficient (Wildman–Crippen LogP) is 2.15. The molecule has 0 aromatic heterocycles. The number of rotatable bonds is 3. The highest BCUT2D eigenvalue weighted by atomic mass is 16.3. The fourth-order valence-corrected chi connectivity index (χ4v) is 2.65. The van der Waals surface area contributed by atoms with Gasteiger partial charge in [-0.05, 0) is 30.4 Å². The first-order valence-corrected chi connectivity index (χ1v) is 6.63. The number of likely N-dealkylation sites (tertiary alicyclic amines) is 1. The van der Waals surface area contributed by atoms with Crippen molar-refractivity contribution in [3.63, 3.8) is 0 Å². The van der Waals surface area contributed by atoms with Gasteiger partial charge < -0.3 is 5.11 Å². The SMILES string of the molecule is CCC1CN(Cc2ccccc2C#N)CCC1O. The Hall–Kier alpha value is -1.37. The Labute approximate surface area is 109 Å². The standard InChI is InChI=1S/C15H20N2O/c1-2-12-10-17(8-7-15(12)18)11-14-6-4-3-5-13(14)9-16/h3-6,12,15,18H,2,7-8,10-11H2,1H3. The Kier molecular flexibility index (Phi) is 4.35. The van der Waals surface area contributed by atoms with Crippen LogP contribution in [-0.2, 0) is 6.54 Å². The maximum Gasteiger partial charge on any atom is 0.0995 e. The van der Waals surface area contributed by atoms with E-state index in [-0.39, 0.29) is 6.10 Å². The van der Waals surface area contributed by atoms with E-state index in [4.69, 9.17) is 5.26 Å². The van der Waals surface area contributed by atoms with Crippen molar-refractivity contribution in [1.82, 2.24) is 4.90 Å². The summed E-state index contributed by atoms with van der Waals surface area (Å²) in [6, 6.07) is 10.0. The Bertz CT molecular complexity index is 438. The molecule has 0 aliphatic carbocycles. The van der Waals surface area contributed by atoms with Crippen molar-refractivity contribution in [3.8, 4) is 6.07 Å². The summed E-state index contributed by atoms with van der Waals surface area (Å²) in [5.74, 6) is 0.369. The van der Waals surface area contributed by atoms with Gasteiger partial charge in [0, 0.05) is 19.6 Å². The Morgan fingerprint density at radius 1 is 1.44 bits per heavy atom. The molecule has 2 unspecified atom stereocenters. The van der Waals surface area contributed by atoms with Crippen LogP contribution in [0.1, 0.15) is 30.9 Å². The zero-order valence-electron chi connectivity index (χ0n) is 10.8. The van der Waals surface area contributed by atoms with Gasteiger partial charge in [0.1, 0.15) is 0 Å². The molecule has 2 atom stereocenters. The van der Waals surface area contributed by atoms with E-state index < -0.39 is 0 Å². The first-order chi connectivity index (χ1) is 8.74. The van der Waals surface area contributed by atoms with E-state index in [1.807, 2.05) is 24.3 Å². The van der Waals surface area contributed by atoms with Crippen molar-refractivity contribution >= 4 is 0 Å². The molecule has 3 nitrogen and oxygen atoms in total. The maximum absolute atomic E-state index is 9.87. The summed E-state index contributed by atoms with van der Waals surface area (Å²) in [7, 11) is 0. The smallest absolute Gasteiger partial charge is 0.0995 e. The van der Waals surface area contributed by atoms with Gasteiger partial charge in [-0.3, -0.25) is 4.90 Å². The van der Waals surface area contributed by atoms with Crippen molar-refractivity contribution in [2.24, 2.45) is 5.92 Å². The third kappa shape index (κ3) is 2.90. The highest BCUT2D eigenvalue weighted by Crippen LogP contribution is 2.22. The number of piperidine rings is 1. The summed E-state index contributed by atoms with van der Waals surface area (Å²) in [5, 5.41) is 19.0. The number of nitrogens with zero attached hydrogens (tertiary/aromatic N) is 2. The van der Waals surface area contributed by atoms with E-state index in [0.717, 1.165) is 43.6 Å². The summed E-state index contributed by atoms with van der Waals surface area (Å²) in [6.07, 6.45) is 1.70. The second-order valence-corrected chi connectivity index (χ2v) is 5.03. The molecule has 18 heavy (non-hydrogen) atoms. The van der Waals surface area contributed by atoms with Crippen LogP contribution < -0.4 is 0 Å². The summed E-state index contributed by atoms with van der Waals surface area (Å²) < 4.78 is 0. The minimum Gasteiger partial charge on any atom is -0.393 e. The van der Waals surface area contributed by atoms with Crippen LogP contribution in [0.3, 0.4) is 0 Å². The molecule has 0 bridgehead atoms. The van der Waals surface area contributed by atoms with E-state index in [2.05, 4.69) is 17.9 Å². The molecule has 2 rings (SSSR count). The van der Waals surface area contributed by atoms with Crippen molar-refractivity contribution < 1.29 is 5.11 Å². The number of hydrogen-bond acceptors (Lipinski definition) is 3. The van der Waals surface area contributed by atoms with Gasteiger partial charge in [-0.15, -0.1) is 0 Å². The average Bonchev–Trinajstić information content (AvgIpc) is 2.41. The molecule has 0 radical (unpaired) electrons. The van der Waals surface area contributed by atoms with Gasteiger partial charge in [-0.2, -0.15) is 5.26 Å². The van der Waals surface area contributed by atoms with Crippen LogP contribution >= 0.6 is 0 Å². The van der Waals surface area contributed by atoms with Gasteiger partial charge >= 0.3 is 0 Å². The minimum atomic E-state index is -0.155. The molecular formula is C15H20N2O. The predicted molar refractivity (Wildman–Crippen MR) is 70.8 cm³/mol. The van der Waals surface area contributed by atoms with Crippen molar-refractivity contribution in [3.05, 3.63) is 35.4 Å². The van der Waals surface area contributed by atoms with Crippen LogP contribution in [0.2, 0.25) is 0 Å².